The summed E-state index contributed by atoms with van der Waals surface area (Å²) in [5.74, 6) is 0.489. The first-order chi connectivity index (χ1) is 15.4. The molecule has 6 nitrogen and oxygen atoms in total. The Labute approximate surface area is 213 Å². The highest BCUT2D eigenvalue weighted by atomic mass is 127. The van der Waals surface area contributed by atoms with E-state index in [9.17, 15) is 9.18 Å². The molecule has 33 heavy (non-hydrogen) atoms. The molecular formula is C25H34FIN4O2. The fourth-order valence-electron chi connectivity index (χ4n) is 3.91. The largest absolute Gasteiger partial charge is 0.381 e. The van der Waals surface area contributed by atoms with Crippen molar-refractivity contribution in [3.63, 3.8) is 0 Å². The molecule has 0 radical (unpaired) electrons. The van der Waals surface area contributed by atoms with E-state index in [0.717, 1.165) is 36.5 Å². The average Bonchev–Trinajstić information content (AvgIpc) is 2.81. The van der Waals surface area contributed by atoms with Crippen LogP contribution in [0, 0.1) is 5.82 Å². The molecule has 2 N–H and O–H groups in total. The van der Waals surface area contributed by atoms with Gasteiger partial charge in [0.15, 0.2) is 5.96 Å². The molecule has 0 aromatic heterocycles. The molecule has 1 amide bonds. The number of amides is 1. The zero-order valence-corrected chi connectivity index (χ0v) is 21.9. The Kier molecular flexibility index (Phi) is 10.6. The smallest absolute Gasteiger partial charge is 0.253 e. The Morgan fingerprint density at radius 1 is 1.06 bits per heavy atom. The van der Waals surface area contributed by atoms with Crippen LogP contribution in [0.15, 0.2) is 53.5 Å². The second kappa shape index (κ2) is 12.9. The molecule has 0 atom stereocenters. The number of aliphatic imine (C=N–C) groups is 1. The van der Waals surface area contributed by atoms with Gasteiger partial charge in [0.05, 0.1) is 6.54 Å². The number of nitrogens with one attached hydrogen (secondary N) is 2. The SMILES string of the molecule is CCNC(=NCc1ccc(C(=O)N(C)C)cc1)NCC1(c2ccc(F)cc2)CCOCC1.I. The number of rotatable bonds is 7. The summed E-state index contributed by atoms with van der Waals surface area (Å²) in [6.07, 6.45) is 1.73. The van der Waals surface area contributed by atoms with Gasteiger partial charge in [-0.05, 0) is 55.2 Å². The van der Waals surface area contributed by atoms with Gasteiger partial charge < -0.3 is 20.3 Å². The minimum absolute atomic E-state index is 0. The Morgan fingerprint density at radius 2 is 1.70 bits per heavy atom. The van der Waals surface area contributed by atoms with E-state index in [2.05, 4.69) is 10.6 Å². The third kappa shape index (κ3) is 7.40. The summed E-state index contributed by atoms with van der Waals surface area (Å²) in [6.45, 7) is 5.33. The number of hydrogen-bond donors (Lipinski definition) is 2. The molecule has 3 rings (SSSR count). The van der Waals surface area contributed by atoms with E-state index >= 15 is 0 Å². The van der Waals surface area contributed by atoms with Crippen molar-refractivity contribution in [2.45, 2.75) is 31.7 Å². The van der Waals surface area contributed by atoms with Crippen LogP contribution >= 0.6 is 24.0 Å². The van der Waals surface area contributed by atoms with Gasteiger partial charge in [0.2, 0.25) is 0 Å². The van der Waals surface area contributed by atoms with Gasteiger partial charge in [-0.2, -0.15) is 0 Å². The average molecular weight is 568 g/mol. The molecule has 1 aliphatic heterocycles. The van der Waals surface area contributed by atoms with Crippen LogP contribution in [-0.4, -0.2) is 57.2 Å². The van der Waals surface area contributed by atoms with Gasteiger partial charge in [-0.25, -0.2) is 9.38 Å². The van der Waals surface area contributed by atoms with Crippen molar-refractivity contribution in [1.29, 1.82) is 0 Å². The number of benzene rings is 2. The maximum atomic E-state index is 13.5. The van der Waals surface area contributed by atoms with Gasteiger partial charge >= 0.3 is 0 Å². The standard InChI is InChI=1S/C25H33FN4O2.HI/c1-4-27-24(28-17-19-5-7-20(8-6-19)23(31)30(2)3)29-18-25(13-15-32-16-14-25)21-9-11-22(26)12-10-21;/h5-12H,4,13-18H2,1-3H3,(H2,27,28,29);1H. The van der Waals surface area contributed by atoms with Gasteiger partial charge in [-0.15, -0.1) is 24.0 Å². The highest BCUT2D eigenvalue weighted by Crippen LogP contribution is 2.34. The second-order valence-corrected chi connectivity index (χ2v) is 8.34. The van der Waals surface area contributed by atoms with Crippen LogP contribution in [0.1, 0.15) is 41.3 Å². The first kappa shape index (κ1) is 27.0. The van der Waals surface area contributed by atoms with Crippen LogP contribution in [-0.2, 0) is 16.7 Å². The van der Waals surface area contributed by atoms with Crippen molar-refractivity contribution in [3.05, 3.63) is 71.0 Å². The molecule has 8 heteroatoms. The lowest BCUT2D eigenvalue weighted by atomic mass is 9.74. The molecule has 1 fully saturated rings. The Bertz CT molecular complexity index is 911. The molecule has 1 aliphatic rings. The summed E-state index contributed by atoms with van der Waals surface area (Å²) in [5, 5.41) is 6.79. The summed E-state index contributed by atoms with van der Waals surface area (Å²) in [5.41, 5.74) is 2.67. The van der Waals surface area contributed by atoms with E-state index in [1.165, 1.54) is 12.1 Å². The summed E-state index contributed by atoms with van der Waals surface area (Å²) < 4.78 is 19.1. The van der Waals surface area contributed by atoms with Crippen LogP contribution in [0.2, 0.25) is 0 Å². The molecule has 180 valence electrons. The topological polar surface area (TPSA) is 66.0 Å². The molecule has 0 unspecified atom stereocenters. The molecular weight excluding hydrogens is 534 g/mol. The van der Waals surface area contributed by atoms with Gasteiger partial charge in [0, 0.05) is 51.4 Å². The zero-order chi connectivity index (χ0) is 23.0. The summed E-state index contributed by atoms with van der Waals surface area (Å²) in [6, 6.07) is 14.3. The molecule has 1 heterocycles. The highest BCUT2D eigenvalue weighted by molar-refractivity contribution is 14.0. The van der Waals surface area contributed by atoms with Crippen LogP contribution in [0.5, 0.6) is 0 Å². The maximum Gasteiger partial charge on any atom is 0.253 e. The number of carbonyl (C=O) groups is 1. The zero-order valence-electron chi connectivity index (χ0n) is 19.6. The van der Waals surface area contributed by atoms with Crippen molar-refractivity contribution in [2.75, 3.05) is 40.4 Å². The van der Waals surface area contributed by atoms with Crippen molar-refractivity contribution in [1.82, 2.24) is 15.5 Å². The summed E-state index contributed by atoms with van der Waals surface area (Å²) in [7, 11) is 3.48. The lowest BCUT2D eigenvalue weighted by Crippen LogP contribution is -2.48. The normalized spacial score (nSPS) is 15.3. The van der Waals surface area contributed by atoms with E-state index in [4.69, 9.17) is 9.73 Å². The number of nitrogens with zero attached hydrogens (tertiary/aromatic N) is 2. The van der Waals surface area contributed by atoms with Gasteiger partial charge in [0.25, 0.3) is 5.91 Å². The van der Waals surface area contributed by atoms with Gasteiger partial charge in [-0.1, -0.05) is 24.3 Å². The van der Waals surface area contributed by atoms with Gasteiger partial charge in [0.1, 0.15) is 5.82 Å². The molecule has 2 aromatic rings. The number of carbonyl (C=O) groups excluding carboxylic acids is 1. The monoisotopic (exact) mass is 568 g/mol. The number of guanidine groups is 1. The highest BCUT2D eigenvalue weighted by Gasteiger charge is 2.34. The van der Waals surface area contributed by atoms with Crippen LogP contribution in [0.25, 0.3) is 0 Å². The van der Waals surface area contributed by atoms with E-state index in [1.807, 2.05) is 43.3 Å². The minimum atomic E-state index is -0.225. The lowest BCUT2D eigenvalue weighted by molar-refractivity contribution is 0.0513. The van der Waals surface area contributed by atoms with Crippen LogP contribution in [0.4, 0.5) is 4.39 Å². The molecule has 2 aromatic carbocycles. The minimum Gasteiger partial charge on any atom is -0.381 e. The van der Waals surface area contributed by atoms with E-state index in [1.54, 1.807) is 19.0 Å². The van der Waals surface area contributed by atoms with E-state index in [0.29, 0.717) is 31.9 Å². The lowest BCUT2D eigenvalue weighted by Gasteiger charge is -2.38. The second-order valence-electron chi connectivity index (χ2n) is 8.34. The van der Waals surface area contributed by atoms with Crippen LogP contribution < -0.4 is 10.6 Å². The summed E-state index contributed by atoms with van der Waals surface area (Å²) >= 11 is 0. The molecule has 0 aliphatic carbocycles. The number of ether oxygens (including phenoxy) is 1. The summed E-state index contributed by atoms with van der Waals surface area (Å²) in [4.78, 5) is 18.3. The van der Waals surface area contributed by atoms with E-state index in [-0.39, 0.29) is 41.1 Å². The molecule has 0 spiro atoms. The predicted molar refractivity (Wildman–Crippen MR) is 141 cm³/mol. The van der Waals surface area contributed by atoms with Crippen LogP contribution in [0.3, 0.4) is 0 Å². The van der Waals surface area contributed by atoms with Crippen molar-refractivity contribution < 1.29 is 13.9 Å². The van der Waals surface area contributed by atoms with E-state index < -0.39 is 0 Å². The fraction of sp³-hybridized carbons (Fsp3) is 0.440. The van der Waals surface area contributed by atoms with Crippen molar-refractivity contribution in [2.24, 2.45) is 4.99 Å². The third-order valence-corrected chi connectivity index (χ3v) is 5.87. The first-order valence-electron chi connectivity index (χ1n) is 11.1. The number of halogens is 2. The number of hydrogen-bond acceptors (Lipinski definition) is 3. The van der Waals surface area contributed by atoms with Crippen molar-refractivity contribution in [3.8, 4) is 0 Å². The maximum absolute atomic E-state index is 13.5. The fourth-order valence-corrected chi connectivity index (χ4v) is 3.91. The third-order valence-electron chi connectivity index (χ3n) is 5.87. The van der Waals surface area contributed by atoms with Gasteiger partial charge in [-0.3, -0.25) is 4.79 Å². The first-order valence-corrected chi connectivity index (χ1v) is 11.1. The van der Waals surface area contributed by atoms with Crippen molar-refractivity contribution >= 4 is 35.8 Å². The molecule has 1 saturated heterocycles. The molecule has 0 saturated carbocycles. The Morgan fingerprint density at radius 3 is 2.27 bits per heavy atom. The Hall–Kier alpha value is -2.20. The predicted octanol–water partition coefficient (Wildman–Crippen LogP) is 3.95. The Balaban J connectivity index is 0.00000385. The molecule has 0 bridgehead atoms. The quantitative estimate of drug-likeness (QED) is 0.302.